The van der Waals surface area contributed by atoms with Gasteiger partial charge in [-0.2, -0.15) is 18.2 Å². The van der Waals surface area contributed by atoms with Crippen molar-refractivity contribution in [3.05, 3.63) is 70.1 Å². The maximum atomic E-state index is 12.9. The number of fused-ring (bicyclic) bond motifs is 1. The number of amides is 1. The lowest BCUT2D eigenvalue weighted by atomic mass is 10.1. The number of hydrogen-bond acceptors (Lipinski definition) is 4. The third-order valence-electron chi connectivity index (χ3n) is 4.69. The van der Waals surface area contributed by atoms with E-state index in [0.29, 0.717) is 17.1 Å². The van der Waals surface area contributed by atoms with Gasteiger partial charge in [-0.1, -0.05) is 41.0 Å². The topological polar surface area (TPSA) is 59.2 Å². The number of benzene rings is 2. The molecule has 0 aliphatic carbocycles. The maximum absolute atomic E-state index is 12.9. The first-order valence-corrected chi connectivity index (χ1v) is 8.72. The van der Waals surface area contributed by atoms with Crippen LogP contribution < -0.4 is 0 Å². The van der Waals surface area contributed by atoms with Crippen LogP contribution in [0.3, 0.4) is 0 Å². The van der Waals surface area contributed by atoms with Gasteiger partial charge >= 0.3 is 12.1 Å². The number of carbonyl (C=O) groups is 1. The molecule has 144 valence electrons. The van der Waals surface area contributed by atoms with Gasteiger partial charge < -0.3 is 9.42 Å². The van der Waals surface area contributed by atoms with Gasteiger partial charge in [-0.25, -0.2) is 0 Å². The first-order valence-electron chi connectivity index (χ1n) is 8.34. The molecular weight excluding hydrogens is 395 g/mol. The second-order valence-corrected chi connectivity index (χ2v) is 6.89. The number of halogens is 4. The highest BCUT2D eigenvalue weighted by atomic mass is 35.5. The zero-order valence-corrected chi connectivity index (χ0v) is 15.3. The third-order valence-corrected chi connectivity index (χ3v) is 4.94. The Morgan fingerprint density at radius 1 is 1.18 bits per heavy atom. The summed E-state index contributed by atoms with van der Waals surface area (Å²) in [5.74, 6) is -1.85. The number of alkyl halides is 3. The minimum absolute atomic E-state index is 0.192. The minimum atomic E-state index is -4.72. The fraction of sp³-hybridized carbons (Fsp3) is 0.211. The van der Waals surface area contributed by atoms with Crippen molar-refractivity contribution in [3.63, 3.8) is 0 Å². The SMILES string of the molecule is C[C@@H](c1ccc(Cl)cc1)N1Cc2ccc(-c3noc(C(F)(F)F)n3)cc2C1=O. The lowest BCUT2D eigenvalue weighted by Gasteiger charge is -2.24. The van der Waals surface area contributed by atoms with E-state index in [1.165, 1.54) is 6.07 Å². The summed E-state index contributed by atoms with van der Waals surface area (Å²) in [6.45, 7) is 2.31. The molecule has 5 nitrogen and oxygen atoms in total. The van der Waals surface area contributed by atoms with Gasteiger partial charge in [0.25, 0.3) is 5.91 Å². The van der Waals surface area contributed by atoms with E-state index in [0.717, 1.165) is 11.1 Å². The van der Waals surface area contributed by atoms with E-state index < -0.39 is 12.1 Å². The molecule has 2 heterocycles. The number of rotatable bonds is 3. The molecule has 3 aromatic rings. The summed E-state index contributed by atoms with van der Waals surface area (Å²) >= 11 is 5.91. The van der Waals surface area contributed by atoms with Gasteiger partial charge in [-0.05, 0) is 36.2 Å². The van der Waals surface area contributed by atoms with Crippen molar-refractivity contribution in [1.29, 1.82) is 0 Å². The van der Waals surface area contributed by atoms with Gasteiger partial charge in [0.05, 0.1) is 6.04 Å². The fourth-order valence-electron chi connectivity index (χ4n) is 3.15. The van der Waals surface area contributed by atoms with E-state index in [-0.39, 0.29) is 23.3 Å². The van der Waals surface area contributed by atoms with Crippen LogP contribution in [0.2, 0.25) is 5.02 Å². The smallest absolute Gasteiger partial charge is 0.329 e. The standard InChI is InChI=1S/C19H13ClF3N3O2/c1-10(11-4-6-14(20)7-5-11)26-9-13-3-2-12(8-15(13)17(26)27)16-24-18(28-25-16)19(21,22)23/h2-8,10H,9H2,1H3/t10-/m0/s1. The Morgan fingerprint density at radius 2 is 1.89 bits per heavy atom. The van der Waals surface area contributed by atoms with E-state index in [9.17, 15) is 18.0 Å². The van der Waals surface area contributed by atoms with E-state index in [4.69, 9.17) is 11.6 Å². The zero-order valence-electron chi connectivity index (χ0n) is 14.5. The van der Waals surface area contributed by atoms with Gasteiger partial charge in [-0.3, -0.25) is 4.79 Å². The van der Waals surface area contributed by atoms with Crippen LogP contribution in [0.15, 0.2) is 47.0 Å². The van der Waals surface area contributed by atoms with Crippen LogP contribution in [-0.4, -0.2) is 20.9 Å². The van der Waals surface area contributed by atoms with Crippen LogP contribution in [0.5, 0.6) is 0 Å². The van der Waals surface area contributed by atoms with Crippen LogP contribution >= 0.6 is 11.6 Å². The van der Waals surface area contributed by atoms with Crippen LogP contribution in [0.1, 0.15) is 40.3 Å². The van der Waals surface area contributed by atoms with Gasteiger partial charge in [0, 0.05) is 22.7 Å². The predicted molar refractivity (Wildman–Crippen MR) is 94.5 cm³/mol. The second-order valence-electron chi connectivity index (χ2n) is 6.45. The first kappa shape index (κ1) is 18.5. The van der Waals surface area contributed by atoms with Gasteiger partial charge in [-0.15, -0.1) is 0 Å². The monoisotopic (exact) mass is 407 g/mol. The van der Waals surface area contributed by atoms with Crippen molar-refractivity contribution < 1.29 is 22.5 Å². The molecule has 28 heavy (non-hydrogen) atoms. The Kier molecular flexibility index (Phi) is 4.38. The van der Waals surface area contributed by atoms with Crippen molar-refractivity contribution in [1.82, 2.24) is 15.0 Å². The van der Waals surface area contributed by atoms with E-state index in [2.05, 4.69) is 14.7 Å². The van der Waals surface area contributed by atoms with Gasteiger partial charge in [0.15, 0.2) is 0 Å². The molecule has 1 aromatic heterocycles. The predicted octanol–water partition coefficient (Wildman–Crippen LogP) is 5.13. The third kappa shape index (κ3) is 3.24. The normalized spacial score (nSPS) is 15.0. The number of nitrogens with zero attached hydrogens (tertiary/aromatic N) is 3. The number of hydrogen-bond donors (Lipinski definition) is 0. The molecule has 0 saturated heterocycles. The van der Waals surface area contributed by atoms with E-state index in [1.54, 1.807) is 29.2 Å². The molecule has 1 aliphatic heterocycles. The highest BCUT2D eigenvalue weighted by molar-refractivity contribution is 6.30. The molecule has 0 fully saturated rings. The largest absolute Gasteiger partial charge is 0.471 e. The highest BCUT2D eigenvalue weighted by Gasteiger charge is 2.39. The van der Waals surface area contributed by atoms with Crippen LogP contribution in [0.25, 0.3) is 11.4 Å². The quantitative estimate of drug-likeness (QED) is 0.604. The molecule has 1 aliphatic rings. The van der Waals surface area contributed by atoms with Crippen molar-refractivity contribution in [2.24, 2.45) is 0 Å². The highest BCUT2D eigenvalue weighted by Crippen LogP contribution is 2.34. The maximum Gasteiger partial charge on any atom is 0.471 e. The average Bonchev–Trinajstić information content (AvgIpc) is 3.27. The molecule has 9 heteroatoms. The summed E-state index contributed by atoms with van der Waals surface area (Å²) in [7, 11) is 0. The summed E-state index contributed by atoms with van der Waals surface area (Å²) in [6.07, 6.45) is -4.72. The average molecular weight is 408 g/mol. The van der Waals surface area contributed by atoms with Crippen LogP contribution in [-0.2, 0) is 12.7 Å². The fourth-order valence-corrected chi connectivity index (χ4v) is 3.28. The summed E-state index contributed by atoms with van der Waals surface area (Å²) in [6, 6.07) is 11.8. The molecule has 0 radical (unpaired) electrons. The zero-order chi connectivity index (χ0) is 20.1. The molecule has 0 spiro atoms. The van der Waals surface area contributed by atoms with E-state index in [1.807, 2.05) is 19.1 Å². The van der Waals surface area contributed by atoms with Crippen molar-refractivity contribution >= 4 is 17.5 Å². The molecule has 0 unspecified atom stereocenters. The molecule has 1 amide bonds. The molecule has 0 saturated carbocycles. The lowest BCUT2D eigenvalue weighted by molar-refractivity contribution is -0.159. The first-order chi connectivity index (χ1) is 13.2. The minimum Gasteiger partial charge on any atom is -0.329 e. The molecule has 0 N–H and O–H groups in total. The molecular formula is C19H13ClF3N3O2. The van der Waals surface area contributed by atoms with Crippen molar-refractivity contribution in [3.8, 4) is 11.4 Å². The second kappa shape index (κ2) is 6.63. The molecule has 2 aromatic carbocycles. The van der Waals surface area contributed by atoms with Gasteiger partial charge in [0.2, 0.25) is 5.82 Å². The number of aromatic nitrogens is 2. The van der Waals surface area contributed by atoms with Crippen LogP contribution in [0, 0.1) is 0 Å². The summed E-state index contributed by atoms with van der Waals surface area (Å²) in [4.78, 5) is 17.9. The van der Waals surface area contributed by atoms with Crippen LogP contribution in [0.4, 0.5) is 13.2 Å². The van der Waals surface area contributed by atoms with E-state index >= 15 is 0 Å². The summed E-state index contributed by atoms with van der Waals surface area (Å²) in [5.41, 5.74) is 2.41. The Morgan fingerprint density at radius 3 is 2.54 bits per heavy atom. The molecule has 1 atom stereocenters. The Bertz CT molecular complexity index is 1050. The Balaban J connectivity index is 1.61. The number of carbonyl (C=O) groups excluding carboxylic acids is 1. The summed E-state index contributed by atoms with van der Waals surface area (Å²) in [5, 5.41) is 3.98. The van der Waals surface area contributed by atoms with Gasteiger partial charge in [0.1, 0.15) is 0 Å². The van der Waals surface area contributed by atoms with Crippen molar-refractivity contribution in [2.45, 2.75) is 25.7 Å². The lowest BCUT2D eigenvalue weighted by Crippen LogP contribution is -2.27. The van der Waals surface area contributed by atoms with Crippen molar-refractivity contribution in [2.75, 3.05) is 0 Å². The molecule has 0 bridgehead atoms. The molecule has 4 rings (SSSR count). The summed E-state index contributed by atoms with van der Waals surface area (Å²) < 4.78 is 42.2. The Hall–Kier alpha value is -2.87. The Labute approximate surface area is 162 Å².